The van der Waals surface area contributed by atoms with Gasteiger partial charge in [-0.15, -0.1) is 0 Å². The topological polar surface area (TPSA) is 129 Å². The molecule has 0 aromatic heterocycles. The Morgan fingerprint density at radius 1 is 0.971 bits per heavy atom. The lowest BCUT2D eigenvalue weighted by atomic mass is 9.95. The van der Waals surface area contributed by atoms with E-state index < -0.39 is 36.0 Å². The van der Waals surface area contributed by atoms with Crippen molar-refractivity contribution in [3.63, 3.8) is 0 Å². The Labute approximate surface area is 197 Å². The van der Waals surface area contributed by atoms with Crippen molar-refractivity contribution in [2.24, 2.45) is 5.11 Å². The molecule has 1 aliphatic rings. The maximum Gasteiger partial charge on any atom is 0.305 e. The van der Waals surface area contributed by atoms with E-state index in [0.29, 0.717) is 0 Å². The molecular formula is C24H27N3O7. The van der Waals surface area contributed by atoms with Crippen LogP contribution in [0.3, 0.4) is 0 Å². The molecule has 10 nitrogen and oxygen atoms in total. The number of ether oxygens (including phenoxy) is 5. The van der Waals surface area contributed by atoms with Gasteiger partial charge in [-0.2, -0.15) is 0 Å². The third-order valence-electron chi connectivity index (χ3n) is 5.15. The normalized spacial score (nSPS) is 23.6. The summed E-state index contributed by atoms with van der Waals surface area (Å²) in [7, 11) is 0. The van der Waals surface area contributed by atoms with Crippen molar-refractivity contribution >= 4 is 11.9 Å². The van der Waals surface area contributed by atoms with Crippen molar-refractivity contribution in [3.05, 3.63) is 82.2 Å². The summed E-state index contributed by atoms with van der Waals surface area (Å²) in [4.78, 5) is 26.5. The first-order valence-electron chi connectivity index (χ1n) is 10.7. The standard InChI is InChI=1S/C24H27N3O7/c1-17(28)32-21-22(31-14-20-11-7-4-8-12-20)24(15-26-27-25,34-23(21)33-18(2)29)16-30-13-19-9-5-3-6-10-19/h3-12,21-23H,13-16H2,1-2H3/t21-,22+,23+,24-/m1/s1. The quantitative estimate of drug-likeness (QED) is 0.212. The zero-order chi connectivity index (χ0) is 24.4. The first-order chi connectivity index (χ1) is 16.4. The first kappa shape index (κ1) is 25.2. The van der Waals surface area contributed by atoms with Gasteiger partial charge in [0, 0.05) is 18.8 Å². The summed E-state index contributed by atoms with van der Waals surface area (Å²) in [5.41, 5.74) is 9.42. The minimum absolute atomic E-state index is 0.0735. The average Bonchev–Trinajstić information content (AvgIpc) is 3.08. The Kier molecular flexibility index (Phi) is 9.00. The molecule has 0 bridgehead atoms. The second-order valence-electron chi connectivity index (χ2n) is 7.82. The van der Waals surface area contributed by atoms with Gasteiger partial charge in [0.05, 0.1) is 26.4 Å². The zero-order valence-electron chi connectivity index (χ0n) is 19.0. The maximum atomic E-state index is 11.9. The molecule has 1 heterocycles. The number of azide groups is 1. The molecule has 1 aliphatic heterocycles. The SMILES string of the molecule is CC(=O)O[C@H]1O[C@](CN=[N+]=[N-])(COCc2ccccc2)[C@@H](OCc2ccccc2)[C@H]1OC(C)=O. The molecule has 10 heteroatoms. The molecule has 0 saturated carbocycles. The smallest absolute Gasteiger partial charge is 0.305 e. The van der Waals surface area contributed by atoms with Gasteiger partial charge in [-0.3, -0.25) is 9.59 Å². The van der Waals surface area contributed by atoms with E-state index in [1.165, 1.54) is 13.8 Å². The Hall–Kier alpha value is -3.43. The fraction of sp³-hybridized carbons (Fsp3) is 0.417. The molecule has 2 aromatic rings. The van der Waals surface area contributed by atoms with Gasteiger partial charge in [0.2, 0.25) is 6.29 Å². The third-order valence-corrected chi connectivity index (χ3v) is 5.15. The van der Waals surface area contributed by atoms with Gasteiger partial charge in [0.25, 0.3) is 0 Å². The van der Waals surface area contributed by atoms with Crippen LogP contribution < -0.4 is 0 Å². The van der Waals surface area contributed by atoms with E-state index >= 15 is 0 Å². The van der Waals surface area contributed by atoms with E-state index in [2.05, 4.69) is 10.0 Å². The number of hydrogen-bond acceptors (Lipinski definition) is 8. The molecule has 0 N–H and O–H groups in total. The summed E-state index contributed by atoms with van der Waals surface area (Å²) in [6.45, 7) is 2.58. The molecule has 34 heavy (non-hydrogen) atoms. The predicted octanol–water partition coefficient (Wildman–Crippen LogP) is 3.69. The summed E-state index contributed by atoms with van der Waals surface area (Å²) in [6, 6.07) is 18.8. The summed E-state index contributed by atoms with van der Waals surface area (Å²) in [5, 5.41) is 3.70. The lowest BCUT2D eigenvalue weighted by molar-refractivity contribution is -0.210. The van der Waals surface area contributed by atoms with Crippen LogP contribution in [0.25, 0.3) is 10.4 Å². The number of nitrogens with zero attached hydrogens (tertiary/aromatic N) is 3. The van der Waals surface area contributed by atoms with Gasteiger partial charge in [0.15, 0.2) is 6.10 Å². The van der Waals surface area contributed by atoms with Crippen molar-refractivity contribution in [2.45, 2.75) is 51.2 Å². The monoisotopic (exact) mass is 469 g/mol. The Balaban J connectivity index is 1.90. The summed E-state index contributed by atoms with van der Waals surface area (Å²) < 4.78 is 28.9. The fourth-order valence-corrected chi connectivity index (χ4v) is 3.73. The summed E-state index contributed by atoms with van der Waals surface area (Å²) in [6.07, 6.45) is -3.32. The van der Waals surface area contributed by atoms with E-state index in [1.54, 1.807) is 0 Å². The van der Waals surface area contributed by atoms with E-state index in [0.717, 1.165) is 11.1 Å². The Bertz CT molecular complexity index is 998. The largest absolute Gasteiger partial charge is 0.453 e. The number of benzene rings is 2. The molecule has 0 unspecified atom stereocenters. The molecule has 0 aliphatic carbocycles. The lowest BCUT2D eigenvalue weighted by Gasteiger charge is -2.33. The number of carbonyl (C=O) groups excluding carboxylic acids is 2. The maximum absolute atomic E-state index is 11.9. The average molecular weight is 469 g/mol. The minimum Gasteiger partial charge on any atom is -0.453 e. The molecular weight excluding hydrogens is 442 g/mol. The third kappa shape index (κ3) is 6.79. The van der Waals surface area contributed by atoms with Gasteiger partial charge in [-0.1, -0.05) is 65.8 Å². The van der Waals surface area contributed by atoms with Gasteiger partial charge < -0.3 is 23.7 Å². The molecule has 0 amide bonds. The van der Waals surface area contributed by atoms with Crippen LogP contribution in [0.1, 0.15) is 25.0 Å². The second-order valence-corrected chi connectivity index (χ2v) is 7.82. The summed E-state index contributed by atoms with van der Waals surface area (Å²) >= 11 is 0. The van der Waals surface area contributed by atoms with Crippen LogP contribution in [0.15, 0.2) is 65.8 Å². The molecule has 2 aromatic carbocycles. The minimum atomic E-state index is -1.38. The highest BCUT2D eigenvalue weighted by Gasteiger charge is 2.59. The van der Waals surface area contributed by atoms with Crippen LogP contribution in [-0.4, -0.2) is 49.2 Å². The number of carbonyl (C=O) groups is 2. The van der Waals surface area contributed by atoms with Crippen LogP contribution in [0.2, 0.25) is 0 Å². The lowest BCUT2D eigenvalue weighted by Crippen LogP contribution is -2.51. The van der Waals surface area contributed by atoms with Crippen LogP contribution in [-0.2, 0) is 46.5 Å². The zero-order valence-corrected chi connectivity index (χ0v) is 19.0. The highest BCUT2D eigenvalue weighted by atomic mass is 16.8. The van der Waals surface area contributed by atoms with E-state index in [4.69, 9.17) is 29.2 Å². The number of rotatable bonds is 11. The molecule has 1 fully saturated rings. The van der Waals surface area contributed by atoms with Gasteiger partial charge in [-0.05, 0) is 16.7 Å². The van der Waals surface area contributed by atoms with Gasteiger partial charge >= 0.3 is 11.9 Å². The van der Waals surface area contributed by atoms with Crippen molar-refractivity contribution in [1.29, 1.82) is 0 Å². The Morgan fingerprint density at radius 3 is 2.12 bits per heavy atom. The van der Waals surface area contributed by atoms with Crippen LogP contribution in [0.4, 0.5) is 0 Å². The number of esters is 2. The van der Waals surface area contributed by atoms with Crippen molar-refractivity contribution in [2.75, 3.05) is 13.2 Å². The van der Waals surface area contributed by atoms with Crippen molar-refractivity contribution < 1.29 is 33.3 Å². The van der Waals surface area contributed by atoms with E-state index in [-0.39, 0.29) is 26.4 Å². The summed E-state index contributed by atoms with van der Waals surface area (Å²) in [5.74, 6) is -1.24. The Morgan fingerprint density at radius 2 is 1.56 bits per heavy atom. The fourth-order valence-electron chi connectivity index (χ4n) is 3.73. The van der Waals surface area contributed by atoms with Crippen LogP contribution in [0, 0.1) is 0 Å². The second kappa shape index (κ2) is 12.2. The van der Waals surface area contributed by atoms with Crippen LogP contribution >= 0.6 is 0 Å². The van der Waals surface area contributed by atoms with Crippen molar-refractivity contribution in [3.8, 4) is 0 Å². The van der Waals surface area contributed by atoms with Gasteiger partial charge in [-0.25, -0.2) is 0 Å². The van der Waals surface area contributed by atoms with Crippen molar-refractivity contribution in [1.82, 2.24) is 0 Å². The molecule has 1 saturated heterocycles. The van der Waals surface area contributed by atoms with E-state index in [1.807, 2.05) is 60.7 Å². The molecule has 0 radical (unpaired) electrons. The highest BCUT2D eigenvalue weighted by Crippen LogP contribution is 2.38. The predicted molar refractivity (Wildman–Crippen MR) is 120 cm³/mol. The van der Waals surface area contributed by atoms with Crippen LogP contribution in [0.5, 0.6) is 0 Å². The molecule has 4 atom stereocenters. The first-order valence-corrected chi connectivity index (χ1v) is 10.7. The molecule has 3 rings (SSSR count). The molecule has 0 spiro atoms. The highest BCUT2D eigenvalue weighted by molar-refractivity contribution is 5.67. The molecule has 180 valence electrons. The van der Waals surface area contributed by atoms with E-state index in [9.17, 15) is 9.59 Å². The number of hydrogen-bond donors (Lipinski definition) is 0. The van der Waals surface area contributed by atoms with Gasteiger partial charge in [0.1, 0.15) is 11.7 Å².